The van der Waals surface area contributed by atoms with Crippen LogP contribution in [0.2, 0.25) is 0 Å². The topological polar surface area (TPSA) is 361 Å². The van der Waals surface area contributed by atoms with Crippen molar-refractivity contribution >= 4 is 58.5 Å². The van der Waals surface area contributed by atoms with Crippen LogP contribution in [-0.2, 0) is 45.5 Å². The zero-order valence-corrected chi connectivity index (χ0v) is 41.9. The number of aliphatic hydroxyl groups excluding tert-OH is 1. The first-order chi connectivity index (χ1) is 30.9. The van der Waals surface area contributed by atoms with E-state index < -0.39 is 98.4 Å². The Bertz CT molecular complexity index is 2320. The van der Waals surface area contributed by atoms with Gasteiger partial charge < -0.3 is 54.9 Å². The van der Waals surface area contributed by atoms with Gasteiger partial charge in [-0.05, 0) is 82.9 Å². The van der Waals surface area contributed by atoms with Gasteiger partial charge in [0.2, 0.25) is 35.4 Å². The van der Waals surface area contributed by atoms with Crippen LogP contribution in [-0.4, -0.2) is 87.8 Å². The second kappa shape index (κ2) is 20.4. The number of carbonyl (C=O) groups is 6. The van der Waals surface area contributed by atoms with Crippen molar-refractivity contribution in [2.24, 2.45) is 89.0 Å². The van der Waals surface area contributed by atoms with Gasteiger partial charge in [-0.1, -0.05) is 34.6 Å². The number of carbonyl (C=O) groups excluding carboxylic acids is 6. The fourth-order valence-corrected chi connectivity index (χ4v) is 12.3. The van der Waals surface area contributed by atoms with Crippen LogP contribution in [0.4, 0.5) is 0 Å². The zero-order chi connectivity index (χ0) is 50.4. The first-order valence-electron chi connectivity index (χ1n) is 23.2. The van der Waals surface area contributed by atoms with E-state index >= 15 is 0 Å². The molecule has 20 heteroatoms. The molecule has 19 nitrogen and oxygen atoms in total. The molecule has 5 aliphatic heterocycles. The molecule has 8 bridgehead atoms. The van der Waals surface area contributed by atoms with Crippen molar-refractivity contribution in [1.82, 2.24) is 10.6 Å². The molecular weight excluding hydrogens is 918 g/mol. The molecule has 5 heterocycles. The van der Waals surface area contributed by atoms with Crippen LogP contribution in [0, 0.1) is 50.7 Å². The first-order valence-corrected chi connectivity index (χ1v) is 23.2. The molecule has 10 atom stereocenters. The van der Waals surface area contributed by atoms with Crippen LogP contribution >= 0.6 is 0 Å². The maximum Gasteiger partial charge on any atom is 3.00 e. The molecule has 0 saturated carbocycles. The quantitative estimate of drug-likeness (QED) is 0.0631. The molecule has 0 radical (unpaired) electrons. The summed E-state index contributed by atoms with van der Waals surface area (Å²) in [6, 6.07) is -0.920. The van der Waals surface area contributed by atoms with Crippen molar-refractivity contribution in [2.75, 3.05) is 6.54 Å². The van der Waals surface area contributed by atoms with E-state index in [2.05, 4.69) is 10.6 Å². The van der Waals surface area contributed by atoms with E-state index in [4.69, 9.17) is 49.1 Å². The van der Waals surface area contributed by atoms with E-state index in [0.717, 1.165) is 0 Å². The molecule has 0 aliphatic carbocycles. The Hall–Kier alpha value is -5.21. The number of aliphatic imine (C=N–C) groups is 3. The number of fused-ring (bicyclic) bond motifs is 6. The number of nitrogens with two attached hydrogens (primary N) is 5. The average Bonchev–Trinajstić information content (AvgIpc) is 3.80. The largest absolute Gasteiger partial charge is 3.00 e. The third kappa shape index (κ3) is 10.4. The van der Waals surface area contributed by atoms with Crippen LogP contribution in [0.5, 0.6) is 0 Å². The number of primary amides is 5. The summed E-state index contributed by atoms with van der Waals surface area (Å²) in [7, 11) is 0. The number of amides is 6. The smallest absolute Gasteiger partial charge is 0.862 e. The minimum absolute atomic E-state index is 0. The van der Waals surface area contributed by atoms with Gasteiger partial charge >= 0.3 is 16.8 Å². The van der Waals surface area contributed by atoms with Crippen LogP contribution in [0.15, 0.2) is 49.3 Å². The van der Waals surface area contributed by atoms with Crippen molar-refractivity contribution in [3.8, 4) is 0 Å². The van der Waals surface area contributed by atoms with Gasteiger partial charge in [-0.3, -0.25) is 43.7 Å². The van der Waals surface area contributed by atoms with Crippen LogP contribution in [0.25, 0.3) is 0 Å². The Kier molecular flexibility index (Phi) is 16.6. The van der Waals surface area contributed by atoms with Gasteiger partial charge in [0.15, 0.2) is 0 Å². The molecule has 5 rings (SSSR count). The Morgan fingerprint density at radius 1 is 0.809 bits per heavy atom. The average molecular weight is 990 g/mol. The standard InChI is InChI=1S/C48H73N11O8.Co/c1-23(60)22-55-38(67)16-17-45(6)29(18-35(52)64)43-48(9)47(8,21-37(54)66)28(12-15-34(51)63)40(59-48)25(3)42-46(7,20-36(53)65)26(10-13-32(49)61)30(56-42)19-31-44(4,5)27(11-14-33(50)62)39(57-31)24(2)41(45)58-43;/h19,23,26-29,43,56,60H,10-18,20-22H2,1-9H3,(H2,49,61)(H2,50,62)(H2,51,63)(H2,52,64)(H2,53,65)(H2,54,66)(H,55,67);/q;+3/p-1/t23-,26-,27-,28-,29+,43-,45-,46+,47+,48+;/m1./s1. The van der Waals surface area contributed by atoms with Gasteiger partial charge in [0.1, 0.15) is 0 Å². The number of rotatable bonds is 20. The number of hydrogen-bond donors (Lipinski definition) is 9. The second-order valence-electron chi connectivity index (χ2n) is 21.1. The second-order valence-corrected chi connectivity index (χ2v) is 21.1. The van der Waals surface area contributed by atoms with Crippen LogP contribution in [0.1, 0.15) is 133 Å². The number of aliphatic hydroxyl groups is 1. The fraction of sp³-hybridized carbons (Fsp3) is 0.667. The van der Waals surface area contributed by atoms with Crippen LogP contribution in [0.3, 0.4) is 0 Å². The van der Waals surface area contributed by atoms with Crippen LogP contribution < -0.4 is 44.4 Å². The maximum atomic E-state index is 13.5. The number of nitrogens with one attached hydrogen (secondary N) is 3. The third-order valence-electron chi connectivity index (χ3n) is 16.1. The number of nitrogens with zero attached hydrogens (tertiary/aromatic N) is 3. The predicted octanol–water partition coefficient (Wildman–Crippen LogP) is 1.59. The molecule has 0 aromatic carbocycles. The molecule has 1 fully saturated rings. The Balaban J connectivity index is 0.0000101. The first kappa shape index (κ1) is 55.4. The summed E-state index contributed by atoms with van der Waals surface area (Å²) >= 11 is 0. The molecule has 0 unspecified atom stereocenters. The molecule has 0 aromatic rings. The summed E-state index contributed by atoms with van der Waals surface area (Å²) in [5.74, 6) is -6.61. The third-order valence-corrected chi connectivity index (χ3v) is 16.1. The predicted molar refractivity (Wildman–Crippen MR) is 252 cm³/mol. The molecule has 68 heavy (non-hydrogen) atoms. The summed E-state index contributed by atoms with van der Waals surface area (Å²) in [4.78, 5) is 95.4. The Morgan fingerprint density at radius 3 is 1.91 bits per heavy atom. The van der Waals surface area contributed by atoms with E-state index in [1.54, 1.807) is 6.92 Å². The monoisotopic (exact) mass is 989 g/mol. The summed E-state index contributed by atoms with van der Waals surface area (Å²) in [5, 5.41) is 36.7. The van der Waals surface area contributed by atoms with Gasteiger partial charge in [0.05, 0.1) is 17.7 Å². The minimum Gasteiger partial charge on any atom is -0.862 e. The van der Waals surface area contributed by atoms with Crippen molar-refractivity contribution in [3.63, 3.8) is 0 Å². The van der Waals surface area contributed by atoms with Crippen molar-refractivity contribution in [3.05, 3.63) is 34.3 Å². The Morgan fingerprint density at radius 2 is 1.38 bits per heavy atom. The van der Waals surface area contributed by atoms with E-state index in [-0.39, 0.29) is 93.4 Å². The summed E-state index contributed by atoms with van der Waals surface area (Å²) in [6.45, 7) is 16.8. The molecule has 6 amide bonds. The summed E-state index contributed by atoms with van der Waals surface area (Å²) < 4.78 is 0. The van der Waals surface area contributed by atoms with Gasteiger partial charge in [0, 0.05) is 125 Å². The number of hydrogen-bond acceptors (Lipinski definition) is 13. The van der Waals surface area contributed by atoms with E-state index in [1.807, 2.05) is 61.5 Å². The van der Waals surface area contributed by atoms with Gasteiger partial charge in [-0.15, -0.1) is 0 Å². The molecule has 1 saturated heterocycles. The zero-order valence-electron chi connectivity index (χ0n) is 40.9. The normalized spacial score (nSPS) is 31.8. The minimum atomic E-state index is -1.40. The Labute approximate surface area is 409 Å². The van der Waals surface area contributed by atoms with Gasteiger partial charge in [0.25, 0.3) is 0 Å². The van der Waals surface area contributed by atoms with Gasteiger partial charge in [-0.2, -0.15) is 0 Å². The molecule has 14 N–H and O–H groups in total. The van der Waals surface area contributed by atoms with Gasteiger partial charge in [-0.25, -0.2) is 0 Å². The van der Waals surface area contributed by atoms with Crippen molar-refractivity contribution in [1.29, 1.82) is 5.41 Å². The SMILES string of the molecule is CC1=C2N=C(C=C3NC(=C(C)C4=N[C@@](C)([C@@H]5N=C1[C@](C)(CCC(=O)NC[C@@H](C)O)[C@H]5CC(N)=O)[C@@](C)(CC(N)=O)[C@@H]4CCC(N)=O)[C@@](C)(CC(N)=O)[C@@H]3CCC(=N)[O-])C(C)(C)[C@@H]2CCC(N)=O.[Co+3]. The maximum absolute atomic E-state index is 13.5. The van der Waals surface area contributed by atoms with E-state index in [1.165, 1.54) is 0 Å². The number of allylic oxidation sites excluding steroid dienone is 6. The van der Waals surface area contributed by atoms with E-state index in [0.29, 0.717) is 51.8 Å². The summed E-state index contributed by atoms with van der Waals surface area (Å²) in [5.41, 5.74) is 28.9. The molecule has 5 aliphatic rings. The molecule has 0 spiro atoms. The summed E-state index contributed by atoms with van der Waals surface area (Å²) in [6.07, 6.45) is 0.958. The molecular formula is C48H72CoN11O8+2. The molecule has 0 aromatic heterocycles. The molecule has 374 valence electrons. The van der Waals surface area contributed by atoms with E-state index in [9.17, 15) is 39.0 Å². The fourth-order valence-electron chi connectivity index (χ4n) is 12.3. The van der Waals surface area contributed by atoms with Crippen molar-refractivity contribution in [2.45, 2.75) is 151 Å². The van der Waals surface area contributed by atoms with Crippen molar-refractivity contribution < 1.29 is 55.8 Å².